The zero-order valence-electron chi connectivity index (χ0n) is 21.5. The lowest BCUT2D eigenvalue weighted by molar-refractivity contribution is -0.219. The molecule has 2 aromatic carbocycles. The standard InChI is InChI=1S/C31H34O6/c1-21-16-22(2)26-27-30(17-21,28(33)35-19-23-10-5-3-6-11-23)14-9-15-31(27,18-25(32)37-26)29(34)36-20-24-12-7-4-8-13-24/h3-8,10-13,16,22,26-27H,9,14-15,17-20H2,1-2H3/t22-,26+,27?,30?,31?/m1/s1. The fourth-order valence-electron chi connectivity index (χ4n) is 6.95. The summed E-state index contributed by atoms with van der Waals surface area (Å²) >= 11 is 0. The van der Waals surface area contributed by atoms with Crippen LogP contribution in [0.2, 0.25) is 0 Å². The van der Waals surface area contributed by atoms with Gasteiger partial charge in [-0.3, -0.25) is 14.4 Å². The SMILES string of the molecule is CC1=C[C@@H](C)[C@@H]2OC(=O)CC3(C(=O)OCc4ccccc4)CCCC(C(=O)OCc4ccccc4)(C1)C23. The molecule has 2 fully saturated rings. The van der Waals surface area contributed by atoms with Crippen molar-refractivity contribution in [2.24, 2.45) is 22.7 Å². The Kier molecular flexibility index (Phi) is 6.93. The number of hydrogen-bond donors (Lipinski definition) is 0. The number of benzene rings is 2. The summed E-state index contributed by atoms with van der Waals surface area (Å²) < 4.78 is 17.8. The molecule has 0 amide bonds. The van der Waals surface area contributed by atoms with Crippen LogP contribution in [-0.2, 0) is 41.8 Å². The Morgan fingerprint density at radius 1 is 0.865 bits per heavy atom. The number of esters is 3. The van der Waals surface area contributed by atoms with Crippen LogP contribution in [0.1, 0.15) is 57.1 Å². The lowest BCUT2D eigenvalue weighted by Gasteiger charge is -2.56. The third kappa shape index (κ3) is 4.70. The summed E-state index contributed by atoms with van der Waals surface area (Å²) in [6.45, 7) is 4.27. The van der Waals surface area contributed by atoms with Gasteiger partial charge in [0.2, 0.25) is 0 Å². The first-order valence-electron chi connectivity index (χ1n) is 13.1. The fourth-order valence-corrected chi connectivity index (χ4v) is 6.95. The largest absolute Gasteiger partial charge is 0.461 e. The first-order chi connectivity index (χ1) is 17.8. The van der Waals surface area contributed by atoms with Gasteiger partial charge in [0.05, 0.1) is 17.3 Å². The molecule has 3 aliphatic rings. The van der Waals surface area contributed by atoms with Crippen molar-refractivity contribution in [3.63, 3.8) is 0 Å². The van der Waals surface area contributed by atoms with Crippen molar-refractivity contribution >= 4 is 17.9 Å². The van der Waals surface area contributed by atoms with E-state index < -0.39 is 34.8 Å². The molecule has 1 saturated carbocycles. The third-order valence-electron chi connectivity index (χ3n) is 8.39. The molecule has 1 aliphatic heterocycles. The Morgan fingerprint density at radius 3 is 1.92 bits per heavy atom. The first kappa shape index (κ1) is 25.2. The topological polar surface area (TPSA) is 78.9 Å². The van der Waals surface area contributed by atoms with Gasteiger partial charge < -0.3 is 14.2 Å². The van der Waals surface area contributed by atoms with Gasteiger partial charge in [0.1, 0.15) is 19.3 Å². The lowest BCUT2D eigenvalue weighted by atomic mass is 9.49. The molecule has 0 radical (unpaired) electrons. The van der Waals surface area contributed by atoms with E-state index in [0.717, 1.165) is 16.7 Å². The Labute approximate surface area is 218 Å². The van der Waals surface area contributed by atoms with Gasteiger partial charge >= 0.3 is 17.9 Å². The second-order valence-corrected chi connectivity index (χ2v) is 10.9. The Morgan fingerprint density at radius 2 is 1.38 bits per heavy atom. The number of rotatable bonds is 6. The monoisotopic (exact) mass is 502 g/mol. The van der Waals surface area contributed by atoms with E-state index in [1.807, 2.05) is 74.5 Å². The van der Waals surface area contributed by atoms with Crippen LogP contribution in [0.4, 0.5) is 0 Å². The zero-order chi connectivity index (χ0) is 26.0. The molecule has 6 nitrogen and oxygen atoms in total. The number of hydrogen-bond acceptors (Lipinski definition) is 6. The summed E-state index contributed by atoms with van der Waals surface area (Å²) in [6, 6.07) is 19.1. The lowest BCUT2D eigenvalue weighted by Crippen LogP contribution is -2.63. The number of ether oxygens (including phenoxy) is 3. The molecule has 5 atom stereocenters. The minimum atomic E-state index is -1.13. The highest BCUT2D eigenvalue weighted by atomic mass is 16.6. The van der Waals surface area contributed by atoms with Crippen LogP contribution >= 0.6 is 0 Å². The maximum atomic E-state index is 14.0. The van der Waals surface area contributed by atoms with E-state index in [2.05, 4.69) is 6.08 Å². The van der Waals surface area contributed by atoms with Crippen molar-refractivity contribution < 1.29 is 28.6 Å². The maximum absolute atomic E-state index is 14.0. The molecule has 194 valence electrons. The number of carbonyl (C=O) groups excluding carboxylic acids is 3. The molecule has 0 N–H and O–H groups in total. The first-order valence-corrected chi connectivity index (χ1v) is 13.1. The summed E-state index contributed by atoms with van der Waals surface area (Å²) in [5.74, 6) is -1.83. The van der Waals surface area contributed by atoms with Gasteiger partial charge in [0.25, 0.3) is 0 Å². The predicted molar refractivity (Wildman–Crippen MR) is 137 cm³/mol. The molecule has 6 heteroatoms. The molecular weight excluding hydrogens is 468 g/mol. The Bertz CT molecular complexity index is 1190. The van der Waals surface area contributed by atoms with Crippen molar-refractivity contribution in [1.82, 2.24) is 0 Å². The second-order valence-electron chi connectivity index (χ2n) is 10.9. The molecular formula is C31H34O6. The van der Waals surface area contributed by atoms with Crippen LogP contribution in [0.15, 0.2) is 72.3 Å². The maximum Gasteiger partial charge on any atom is 0.313 e. The minimum Gasteiger partial charge on any atom is -0.461 e. The fraction of sp³-hybridized carbons (Fsp3) is 0.452. The van der Waals surface area contributed by atoms with E-state index in [9.17, 15) is 14.4 Å². The van der Waals surface area contributed by atoms with Crippen molar-refractivity contribution in [2.75, 3.05) is 0 Å². The number of carbonyl (C=O) groups is 3. The van der Waals surface area contributed by atoms with Gasteiger partial charge in [-0.25, -0.2) is 0 Å². The van der Waals surface area contributed by atoms with Crippen LogP contribution in [0.3, 0.4) is 0 Å². The van der Waals surface area contributed by atoms with Crippen LogP contribution in [0.5, 0.6) is 0 Å². The number of allylic oxidation sites excluding steroid dienone is 1. The average molecular weight is 503 g/mol. The molecule has 0 aromatic heterocycles. The third-order valence-corrected chi connectivity index (χ3v) is 8.39. The van der Waals surface area contributed by atoms with Gasteiger partial charge in [0.15, 0.2) is 0 Å². The van der Waals surface area contributed by atoms with E-state index in [4.69, 9.17) is 14.2 Å². The van der Waals surface area contributed by atoms with Gasteiger partial charge in [-0.1, -0.05) is 85.7 Å². The molecule has 2 aliphatic carbocycles. The summed E-state index contributed by atoms with van der Waals surface area (Å²) in [6.07, 6.45) is 3.54. The van der Waals surface area contributed by atoms with Gasteiger partial charge in [-0.2, -0.15) is 0 Å². The van der Waals surface area contributed by atoms with Crippen LogP contribution in [0.25, 0.3) is 0 Å². The minimum absolute atomic E-state index is 0.0821. The molecule has 0 bridgehead atoms. The van der Waals surface area contributed by atoms with E-state index in [1.165, 1.54) is 0 Å². The predicted octanol–water partition coefficient (Wildman–Crippen LogP) is 5.55. The van der Waals surface area contributed by atoms with E-state index in [-0.39, 0.29) is 31.5 Å². The average Bonchev–Trinajstić information content (AvgIpc) is 3.01. The van der Waals surface area contributed by atoms with E-state index >= 15 is 0 Å². The quantitative estimate of drug-likeness (QED) is 0.293. The highest BCUT2D eigenvalue weighted by Gasteiger charge is 2.68. The van der Waals surface area contributed by atoms with Crippen LogP contribution in [0, 0.1) is 22.7 Å². The molecule has 2 aromatic rings. The summed E-state index contributed by atoms with van der Waals surface area (Å²) in [5, 5.41) is 0. The Hall–Kier alpha value is -3.41. The summed E-state index contributed by atoms with van der Waals surface area (Å²) in [4.78, 5) is 41.0. The smallest absolute Gasteiger partial charge is 0.313 e. The van der Waals surface area contributed by atoms with Gasteiger partial charge in [-0.05, 0) is 37.3 Å². The van der Waals surface area contributed by atoms with Crippen LogP contribution < -0.4 is 0 Å². The Balaban J connectivity index is 1.51. The van der Waals surface area contributed by atoms with Crippen LogP contribution in [-0.4, -0.2) is 24.0 Å². The van der Waals surface area contributed by atoms with Crippen molar-refractivity contribution in [2.45, 2.75) is 65.3 Å². The zero-order valence-corrected chi connectivity index (χ0v) is 21.5. The molecule has 37 heavy (non-hydrogen) atoms. The molecule has 1 saturated heterocycles. The highest BCUT2D eigenvalue weighted by Crippen LogP contribution is 2.62. The van der Waals surface area contributed by atoms with E-state index in [0.29, 0.717) is 25.7 Å². The van der Waals surface area contributed by atoms with Crippen molar-refractivity contribution in [1.29, 1.82) is 0 Å². The molecule has 5 rings (SSSR count). The van der Waals surface area contributed by atoms with Crippen molar-refractivity contribution in [3.8, 4) is 0 Å². The van der Waals surface area contributed by atoms with Gasteiger partial charge in [0, 0.05) is 11.8 Å². The summed E-state index contributed by atoms with van der Waals surface area (Å²) in [7, 11) is 0. The summed E-state index contributed by atoms with van der Waals surface area (Å²) in [5.41, 5.74) is 0.708. The molecule has 1 heterocycles. The highest BCUT2D eigenvalue weighted by molar-refractivity contribution is 5.88. The van der Waals surface area contributed by atoms with E-state index in [1.54, 1.807) is 0 Å². The molecule has 0 spiro atoms. The second kappa shape index (κ2) is 10.2. The normalized spacial score (nSPS) is 30.7. The molecule has 3 unspecified atom stereocenters. The van der Waals surface area contributed by atoms with Crippen molar-refractivity contribution in [3.05, 3.63) is 83.4 Å². The van der Waals surface area contributed by atoms with Gasteiger partial charge in [-0.15, -0.1) is 0 Å².